The van der Waals surface area contributed by atoms with Gasteiger partial charge in [0.15, 0.2) is 0 Å². The number of anilines is 1. The van der Waals surface area contributed by atoms with Gasteiger partial charge in [-0.3, -0.25) is 14.4 Å². The van der Waals surface area contributed by atoms with E-state index in [1.54, 1.807) is 29.2 Å². The standard InChI is InChI=1S/C20H19NO4/c1-13-4-3-5-14(2)19(13)21-11-16(10-18(21)23)20(24)25-17-8-6-15(12-22)7-9-17/h3-9,12,16H,10-11H2,1-2H3/t16-/m1/s1. The lowest BCUT2D eigenvalue weighted by Crippen LogP contribution is -2.28. The van der Waals surface area contributed by atoms with E-state index in [4.69, 9.17) is 4.74 Å². The van der Waals surface area contributed by atoms with Gasteiger partial charge < -0.3 is 9.64 Å². The molecule has 0 radical (unpaired) electrons. The fourth-order valence-electron chi connectivity index (χ4n) is 3.13. The highest BCUT2D eigenvalue weighted by Crippen LogP contribution is 2.31. The van der Waals surface area contributed by atoms with Crippen molar-refractivity contribution in [3.05, 3.63) is 59.2 Å². The summed E-state index contributed by atoms with van der Waals surface area (Å²) in [4.78, 5) is 37.1. The van der Waals surface area contributed by atoms with Gasteiger partial charge in [0.2, 0.25) is 5.91 Å². The number of esters is 1. The van der Waals surface area contributed by atoms with Crippen molar-refractivity contribution in [3.63, 3.8) is 0 Å². The van der Waals surface area contributed by atoms with Crippen molar-refractivity contribution in [3.8, 4) is 5.75 Å². The van der Waals surface area contributed by atoms with Crippen molar-refractivity contribution in [2.24, 2.45) is 5.92 Å². The molecule has 0 saturated carbocycles. The summed E-state index contributed by atoms with van der Waals surface area (Å²) in [6.07, 6.45) is 0.864. The van der Waals surface area contributed by atoms with Gasteiger partial charge in [0, 0.05) is 24.2 Å². The van der Waals surface area contributed by atoms with E-state index in [0.29, 0.717) is 17.9 Å². The van der Waals surface area contributed by atoms with Crippen molar-refractivity contribution in [2.45, 2.75) is 20.3 Å². The molecule has 0 unspecified atom stereocenters. The molecule has 1 atom stereocenters. The Bertz CT molecular complexity index is 806. The lowest BCUT2D eigenvalue weighted by molar-refractivity contribution is -0.139. The number of nitrogens with zero attached hydrogens (tertiary/aromatic N) is 1. The van der Waals surface area contributed by atoms with Crippen LogP contribution in [-0.4, -0.2) is 24.7 Å². The molecule has 1 heterocycles. The number of carbonyl (C=O) groups excluding carboxylic acids is 3. The van der Waals surface area contributed by atoms with Crippen molar-refractivity contribution in [1.29, 1.82) is 0 Å². The molecule has 2 aromatic carbocycles. The molecule has 0 bridgehead atoms. The Balaban J connectivity index is 1.73. The fourth-order valence-corrected chi connectivity index (χ4v) is 3.13. The van der Waals surface area contributed by atoms with Gasteiger partial charge in [0.1, 0.15) is 12.0 Å². The number of carbonyl (C=O) groups is 3. The third-order valence-corrected chi connectivity index (χ3v) is 4.40. The van der Waals surface area contributed by atoms with E-state index >= 15 is 0 Å². The predicted molar refractivity (Wildman–Crippen MR) is 93.8 cm³/mol. The summed E-state index contributed by atoms with van der Waals surface area (Å²) >= 11 is 0. The Hall–Kier alpha value is -2.95. The zero-order valence-corrected chi connectivity index (χ0v) is 14.2. The summed E-state index contributed by atoms with van der Waals surface area (Å²) in [6, 6.07) is 12.2. The Kier molecular flexibility index (Phi) is 4.65. The van der Waals surface area contributed by atoms with E-state index in [9.17, 15) is 14.4 Å². The lowest BCUT2D eigenvalue weighted by atomic mass is 10.1. The van der Waals surface area contributed by atoms with E-state index in [1.165, 1.54) is 0 Å². The van der Waals surface area contributed by atoms with Crippen LogP contribution in [0.3, 0.4) is 0 Å². The summed E-state index contributed by atoms with van der Waals surface area (Å²) in [6.45, 7) is 4.22. The van der Waals surface area contributed by atoms with Crippen molar-refractivity contribution in [2.75, 3.05) is 11.4 Å². The first-order chi connectivity index (χ1) is 12.0. The number of hydrogen-bond donors (Lipinski definition) is 0. The molecule has 3 rings (SSSR count). The second kappa shape index (κ2) is 6.89. The number of ether oxygens (including phenoxy) is 1. The molecule has 0 aromatic heterocycles. The zero-order valence-electron chi connectivity index (χ0n) is 14.2. The molecule has 0 spiro atoms. The molecule has 1 fully saturated rings. The summed E-state index contributed by atoms with van der Waals surface area (Å²) in [5.74, 6) is -0.637. The van der Waals surface area contributed by atoms with Gasteiger partial charge >= 0.3 is 5.97 Å². The highest BCUT2D eigenvalue weighted by molar-refractivity contribution is 6.00. The van der Waals surface area contributed by atoms with Crippen LogP contribution >= 0.6 is 0 Å². The highest BCUT2D eigenvalue weighted by atomic mass is 16.5. The molecule has 25 heavy (non-hydrogen) atoms. The molecule has 1 saturated heterocycles. The van der Waals surface area contributed by atoms with E-state index in [0.717, 1.165) is 23.1 Å². The van der Waals surface area contributed by atoms with Crippen LogP contribution in [0.1, 0.15) is 27.9 Å². The van der Waals surface area contributed by atoms with Gasteiger partial charge in [0.25, 0.3) is 0 Å². The maximum Gasteiger partial charge on any atom is 0.316 e. The summed E-state index contributed by atoms with van der Waals surface area (Å²) in [5, 5.41) is 0. The largest absolute Gasteiger partial charge is 0.426 e. The summed E-state index contributed by atoms with van der Waals surface area (Å²) in [7, 11) is 0. The molecule has 5 heteroatoms. The third kappa shape index (κ3) is 3.45. The van der Waals surface area contributed by atoms with E-state index < -0.39 is 11.9 Å². The number of amides is 1. The van der Waals surface area contributed by atoms with Crippen molar-refractivity contribution < 1.29 is 19.1 Å². The maximum absolute atomic E-state index is 12.4. The molecule has 5 nitrogen and oxygen atoms in total. The Morgan fingerprint density at radius 1 is 1.12 bits per heavy atom. The SMILES string of the molecule is Cc1cccc(C)c1N1C[C@H](C(=O)Oc2ccc(C=O)cc2)CC1=O. The van der Waals surface area contributed by atoms with Gasteiger partial charge in [-0.15, -0.1) is 0 Å². The van der Waals surface area contributed by atoms with Crippen molar-refractivity contribution >= 4 is 23.9 Å². The average Bonchev–Trinajstić information content (AvgIpc) is 2.97. The molecule has 1 aliphatic heterocycles. The van der Waals surface area contributed by atoms with E-state index in [-0.39, 0.29) is 12.3 Å². The molecule has 2 aromatic rings. The van der Waals surface area contributed by atoms with Gasteiger partial charge in [-0.05, 0) is 49.2 Å². The Morgan fingerprint density at radius 3 is 2.36 bits per heavy atom. The van der Waals surface area contributed by atoms with Crippen LogP contribution in [0, 0.1) is 19.8 Å². The van der Waals surface area contributed by atoms with Crippen LogP contribution in [0.15, 0.2) is 42.5 Å². The van der Waals surface area contributed by atoms with Crippen LogP contribution < -0.4 is 9.64 Å². The average molecular weight is 337 g/mol. The highest BCUT2D eigenvalue weighted by Gasteiger charge is 2.37. The van der Waals surface area contributed by atoms with Crippen LogP contribution in [0.2, 0.25) is 0 Å². The first kappa shape index (κ1) is 16.9. The van der Waals surface area contributed by atoms with E-state index in [1.807, 2.05) is 32.0 Å². The first-order valence-corrected chi connectivity index (χ1v) is 8.13. The first-order valence-electron chi connectivity index (χ1n) is 8.13. The Morgan fingerprint density at radius 2 is 1.76 bits per heavy atom. The van der Waals surface area contributed by atoms with Gasteiger partial charge in [-0.2, -0.15) is 0 Å². The van der Waals surface area contributed by atoms with Gasteiger partial charge in [-0.25, -0.2) is 0 Å². The molecule has 0 aliphatic carbocycles. The number of aldehydes is 1. The monoisotopic (exact) mass is 337 g/mol. The zero-order chi connectivity index (χ0) is 18.0. The van der Waals surface area contributed by atoms with Crippen molar-refractivity contribution in [1.82, 2.24) is 0 Å². The minimum Gasteiger partial charge on any atom is -0.426 e. The molecular formula is C20H19NO4. The van der Waals surface area contributed by atoms with Gasteiger partial charge in [0.05, 0.1) is 5.92 Å². The van der Waals surface area contributed by atoms with Crippen LogP contribution in [-0.2, 0) is 9.59 Å². The van der Waals surface area contributed by atoms with Gasteiger partial charge in [-0.1, -0.05) is 18.2 Å². The third-order valence-electron chi connectivity index (χ3n) is 4.40. The second-order valence-corrected chi connectivity index (χ2v) is 6.25. The summed E-state index contributed by atoms with van der Waals surface area (Å²) < 4.78 is 5.36. The second-order valence-electron chi connectivity index (χ2n) is 6.25. The van der Waals surface area contributed by atoms with Crippen LogP contribution in [0.5, 0.6) is 5.75 Å². The smallest absolute Gasteiger partial charge is 0.316 e. The molecular weight excluding hydrogens is 318 g/mol. The quantitative estimate of drug-likeness (QED) is 0.489. The number of aryl methyl sites for hydroxylation is 2. The summed E-state index contributed by atoms with van der Waals surface area (Å²) in [5.41, 5.74) is 3.40. The maximum atomic E-state index is 12.4. The minimum atomic E-state index is -0.503. The number of benzene rings is 2. The number of hydrogen-bond acceptors (Lipinski definition) is 4. The molecule has 0 N–H and O–H groups in total. The topological polar surface area (TPSA) is 63.7 Å². The lowest BCUT2D eigenvalue weighted by Gasteiger charge is -2.21. The van der Waals surface area contributed by atoms with Crippen LogP contribution in [0.4, 0.5) is 5.69 Å². The fraction of sp³-hybridized carbons (Fsp3) is 0.250. The predicted octanol–water partition coefficient (Wildman–Crippen LogP) is 3.07. The molecule has 1 aliphatic rings. The minimum absolute atomic E-state index is 0.0735. The van der Waals surface area contributed by atoms with E-state index in [2.05, 4.69) is 0 Å². The Labute approximate surface area is 146 Å². The normalized spacial score (nSPS) is 16.8. The molecule has 1 amide bonds. The number of para-hydroxylation sites is 1. The number of rotatable bonds is 4. The van der Waals surface area contributed by atoms with Crippen LogP contribution in [0.25, 0.3) is 0 Å². The molecule has 128 valence electrons.